The summed E-state index contributed by atoms with van der Waals surface area (Å²) in [4.78, 5) is 53.3. The van der Waals surface area contributed by atoms with Gasteiger partial charge in [-0.05, 0) is 72.7 Å². The molecule has 1 fully saturated rings. The molecule has 1 aliphatic heterocycles. The summed E-state index contributed by atoms with van der Waals surface area (Å²) >= 11 is 0. The maximum absolute atomic E-state index is 13.2. The number of carbonyl (C=O) groups is 3. The summed E-state index contributed by atoms with van der Waals surface area (Å²) in [5, 5.41) is 12.1. The Bertz CT molecular complexity index is 2390. The third-order valence-corrected chi connectivity index (χ3v) is 11.2. The number of aliphatic carboxylic acids is 1. The van der Waals surface area contributed by atoms with E-state index in [-0.39, 0.29) is 30.3 Å². The van der Waals surface area contributed by atoms with Gasteiger partial charge in [0.05, 0.1) is 40.0 Å². The zero-order valence-electron chi connectivity index (χ0n) is 37.5. The summed E-state index contributed by atoms with van der Waals surface area (Å²) in [6.07, 6.45) is -2.04. The number of esters is 1. The summed E-state index contributed by atoms with van der Waals surface area (Å²) in [6.45, 7) is 9.97. The van der Waals surface area contributed by atoms with Gasteiger partial charge in [-0.15, -0.1) is 0 Å². The van der Waals surface area contributed by atoms with Crippen LogP contribution in [0.2, 0.25) is 0 Å². The van der Waals surface area contributed by atoms with E-state index in [1.807, 2.05) is 84.9 Å². The van der Waals surface area contributed by atoms with E-state index in [1.54, 1.807) is 43.1 Å². The van der Waals surface area contributed by atoms with Crippen molar-refractivity contribution in [2.24, 2.45) is 0 Å². The van der Waals surface area contributed by atoms with Crippen molar-refractivity contribution in [2.45, 2.75) is 63.8 Å². The largest absolute Gasteiger partial charge is 0.497 e. The number of hydrogen-bond acceptors (Lipinski definition) is 13. The van der Waals surface area contributed by atoms with E-state index in [1.165, 1.54) is 39.4 Å². The van der Waals surface area contributed by atoms with Crippen LogP contribution in [0.1, 0.15) is 66.9 Å². The second-order valence-electron chi connectivity index (χ2n) is 14.9. The van der Waals surface area contributed by atoms with Crippen molar-refractivity contribution in [3.05, 3.63) is 144 Å². The zero-order chi connectivity index (χ0) is 46.3. The molecule has 0 radical (unpaired) electrons. The first kappa shape index (κ1) is 47.8. The second-order valence-corrected chi connectivity index (χ2v) is 14.9. The normalized spacial score (nSPS) is 17.0. The molecule has 65 heavy (non-hydrogen) atoms. The quantitative estimate of drug-likeness (QED) is 0.0618. The number of carbonyl (C=O) groups excluding carboxylic acids is 2. The number of fused-ring (bicyclic) bond motifs is 1. The summed E-state index contributed by atoms with van der Waals surface area (Å²) in [7, 11) is 4.63. The van der Waals surface area contributed by atoms with Gasteiger partial charge in [-0.25, -0.2) is 15.0 Å². The van der Waals surface area contributed by atoms with Crippen molar-refractivity contribution in [1.82, 2.24) is 24.4 Å². The molecule has 16 nitrogen and oxygen atoms in total. The molecule has 0 saturated carbocycles. The highest BCUT2D eigenvalue weighted by molar-refractivity contribution is 6.06. The number of hydrogen-bond donors (Lipinski definition) is 2. The SMILES string of the molecule is CCN(CC)CC.COc1ccc(C(OC[C@H]2O[C@@H](n3cnc4c(NC(=O)c5ccccc5)ncnc43)[C@H](OC)[C@@H]2OC(=O)CCC(=O)O)(c2ccccc2)c2ccc(OC)cc2)cc1. The molecule has 0 aliphatic carbocycles. The monoisotopic (exact) mass is 888 g/mol. The van der Waals surface area contributed by atoms with Crippen molar-refractivity contribution in [2.75, 3.05) is 52.9 Å². The molecule has 342 valence electrons. The van der Waals surface area contributed by atoms with Crippen LogP contribution < -0.4 is 14.8 Å². The Kier molecular flexibility index (Phi) is 16.7. The topological polar surface area (TPSA) is 186 Å². The Labute approximate surface area is 378 Å². The highest BCUT2D eigenvalue weighted by atomic mass is 16.6. The van der Waals surface area contributed by atoms with E-state index >= 15 is 0 Å². The number of imidazole rings is 1. The molecule has 7 rings (SSSR count). The Morgan fingerprint density at radius 2 is 1.31 bits per heavy atom. The van der Waals surface area contributed by atoms with Crippen LogP contribution in [0, 0.1) is 0 Å². The van der Waals surface area contributed by atoms with Gasteiger partial charge >= 0.3 is 11.9 Å². The minimum absolute atomic E-state index is 0.153. The van der Waals surface area contributed by atoms with Gasteiger partial charge < -0.3 is 43.7 Å². The van der Waals surface area contributed by atoms with Crippen LogP contribution in [0.5, 0.6) is 11.5 Å². The van der Waals surface area contributed by atoms with Crippen molar-refractivity contribution < 1.29 is 47.9 Å². The number of carboxylic acids is 1. The van der Waals surface area contributed by atoms with Gasteiger partial charge in [-0.3, -0.25) is 19.0 Å². The van der Waals surface area contributed by atoms with Crippen molar-refractivity contribution in [1.29, 1.82) is 0 Å². The third kappa shape index (κ3) is 11.2. The molecule has 0 unspecified atom stereocenters. The lowest BCUT2D eigenvalue weighted by atomic mass is 9.80. The lowest BCUT2D eigenvalue weighted by Gasteiger charge is -2.37. The fourth-order valence-corrected chi connectivity index (χ4v) is 7.73. The maximum Gasteiger partial charge on any atom is 0.306 e. The number of amides is 1. The maximum atomic E-state index is 13.2. The molecule has 0 bridgehead atoms. The van der Waals surface area contributed by atoms with Gasteiger partial charge in [0.1, 0.15) is 35.6 Å². The van der Waals surface area contributed by atoms with Crippen LogP contribution >= 0.6 is 0 Å². The lowest BCUT2D eigenvalue weighted by Crippen LogP contribution is -2.42. The molecule has 2 aromatic heterocycles. The van der Waals surface area contributed by atoms with E-state index in [4.69, 9.17) is 28.4 Å². The van der Waals surface area contributed by atoms with Crippen LogP contribution in [0.4, 0.5) is 5.82 Å². The lowest BCUT2D eigenvalue weighted by molar-refractivity contribution is -0.161. The van der Waals surface area contributed by atoms with Gasteiger partial charge in [0.2, 0.25) is 0 Å². The first-order chi connectivity index (χ1) is 31.6. The van der Waals surface area contributed by atoms with Gasteiger partial charge in [-0.2, -0.15) is 0 Å². The Morgan fingerprint density at radius 1 is 0.738 bits per heavy atom. The van der Waals surface area contributed by atoms with Crippen LogP contribution in [-0.4, -0.2) is 113 Å². The number of benzene rings is 4. The van der Waals surface area contributed by atoms with E-state index in [0.717, 1.165) is 16.7 Å². The van der Waals surface area contributed by atoms with Crippen LogP contribution in [0.25, 0.3) is 11.2 Å². The zero-order valence-corrected chi connectivity index (χ0v) is 37.5. The molecule has 3 heterocycles. The molecular weight excluding hydrogens is 833 g/mol. The molecule has 1 aliphatic rings. The molecule has 1 amide bonds. The smallest absolute Gasteiger partial charge is 0.306 e. The number of nitrogens with one attached hydrogen (secondary N) is 1. The first-order valence-electron chi connectivity index (χ1n) is 21.4. The molecular formula is C49H56N6O10. The van der Waals surface area contributed by atoms with Crippen molar-refractivity contribution >= 4 is 34.8 Å². The number of nitrogens with zero attached hydrogens (tertiary/aromatic N) is 5. The van der Waals surface area contributed by atoms with Crippen LogP contribution in [0.15, 0.2) is 122 Å². The standard InChI is InChI=1S/C43H41N5O10.C6H15N/c1-53-31-18-14-29(15-19-31)43(28-12-8-5-9-13-28,30-16-20-32(54-2)21-17-30)56-24-33-37(58-35(51)23-22-34(49)50)38(55-3)42(57-33)48-26-46-36-39(44-25-45-40(36)48)47-41(52)27-10-6-4-7-11-27;1-4-7(5-2)6-3/h4-21,25-26,33,37-38,42H,22-24H2,1-3H3,(H,49,50)(H,44,45,47,52);4-6H2,1-3H3/t33-,37-,38-,42-;/m1./s1. The van der Waals surface area contributed by atoms with Gasteiger partial charge in [-0.1, -0.05) is 93.6 Å². The number of anilines is 1. The van der Waals surface area contributed by atoms with E-state index < -0.39 is 48.5 Å². The summed E-state index contributed by atoms with van der Waals surface area (Å²) < 4.78 is 38.4. The third-order valence-electron chi connectivity index (χ3n) is 11.2. The number of rotatable bonds is 19. The minimum atomic E-state index is -1.25. The first-order valence-corrected chi connectivity index (χ1v) is 21.4. The molecule has 0 spiro atoms. The van der Waals surface area contributed by atoms with E-state index in [0.29, 0.717) is 22.7 Å². The number of aromatic nitrogens is 4. The Hall–Kier alpha value is -6.72. The number of carboxylic acid groups (broad SMARTS) is 1. The summed E-state index contributed by atoms with van der Waals surface area (Å²) in [5.74, 6) is -0.814. The predicted octanol–water partition coefficient (Wildman–Crippen LogP) is 7.14. The average Bonchev–Trinajstić information content (AvgIpc) is 3.94. The highest BCUT2D eigenvalue weighted by Gasteiger charge is 2.50. The van der Waals surface area contributed by atoms with Crippen LogP contribution in [-0.2, 0) is 34.1 Å². The van der Waals surface area contributed by atoms with Crippen molar-refractivity contribution in [3.63, 3.8) is 0 Å². The molecule has 2 N–H and O–H groups in total. The Balaban J connectivity index is 0.000000925. The number of methoxy groups -OCH3 is 3. The van der Waals surface area contributed by atoms with Gasteiger partial charge in [0, 0.05) is 12.7 Å². The molecule has 16 heteroatoms. The highest BCUT2D eigenvalue weighted by Crippen LogP contribution is 2.44. The molecule has 1 saturated heterocycles. The van der Waals surface area contributed by atoms with Crippen molar-refractivity contribution in [3.8, 4) is 11.5 Å². The van der Waals surface area contributed by atoms with E-state index in [2.05, 4.69) is 45.9 Å². The number of ether oxygens (including phenoxy) is 6. The molecule has 4 aromatic carbocycles. The van der Waals surface area contributed by atoms with Gasteiger partial charge in [0.15, 0.2) is 29.3 Å². The van der Waals surface area contributed by atoms with E-state index in [9.17, 15) is 19.5 Å². The fraction of sp³-hybridized carbons (Fsp3) is 0.347. The summed E-state index contributed by atoms with van der Waals surface area (Å²) in [5.41, 5.74) is 2.08. The molecule has 6 aromatic rings. The average molecular weight is 889 g/mol. The minimum Gasteiger partial charge on any atom is -0.497 e. The Morgan fingerprint density at radius 3 is 1.83 bits per heavy atom. The van der Waals surface area contributed by atoms with Crippen LogP contribution in [0.3, 0.4) is 0 Å². The second kappa shape index (κ2) is 22.8. The van der Waals surface area contributed by atoms with Gasteiger partial charge in [0.25, 0.3) is 5.91 Å². The summed E-state index contributed by atoms with van der Waals surface area (Å²) in [6, 6.07) is 33.4. The molecule has 4 atom stereocenters. The fourth-order valence-electron chi connectivity index (χ4n) is 7.73. The predicted molar refractivity (Wildman–Crippen MR) is 243 cm³/mol.